The number of nitrogens with two attached hydrogens (primary N) is 1. The number of methoxy groups -OCH3 is 1. The predicted octanol–water partition coefficient (Wildman–Crippen LogP) is 2.50. The number of ether oxygens (including phenoxy) is 1. The van der Waals surface area contributed by atoms with Gasteiger partial charge in [0.05, 0.1) is 6.61 Å². The van der Waals surface area contributed by atoms with Gasteiger partial charge < -0.3 is 10.5 Å². The number of nitrogens with zero attached hydrogens (tertiary/aromatic N) is 1. The Hall–Kier alpha value is -0.120. The van der Waals surface area contributed by atoms with Crippen LogP contribution in [0.15, 0.2) is 0 Å². The third-order valence-corrected chi connectivity index (χ3v) is 3.67. The van der Waals surface area contributed by atoms with Crippen molar-refractivity contribution in [2.45, 2.75) is 53.0 Å². The highest BCUT2D eigenvalue weighted by Gasteiger charge is 2.20. The molecule has 3 heteroatoms. The van der Waals surface area contributed by atoms with Crippen LogP contribution in [-0.2, 0) is 4.74 Å². The number of hydrogen-bond donors (Lipinski definition) is 1. The topological polar surface area (TPSA) is 38.5 Å². The quantitative estimate of drug-likeness (QED) is 0.642. The zero-order chi connectivity index (χ0) is 13.3. The largest absolute Gasteiger partial charge is 0.383 e. The summed E-state index contributed by atoms with van der Waals surface area (Å²) in [5.74, 6) is 0. The van der Waals surface area contributed by atoms with E-state index in [4.69, 9.17) is 10.5 Å². The average Bonchev–Trinajstić information content (AvgIpc) is 2.33. The Kier molecular flexibility index (Phi) is 8.83. The van der Waals surface area contributed by atoms with Crippen LogP contribution >= 0.6 is 0 Å². The van der Waals surface area contributed by atoms with Crippen molar-refractivity contribution in [2.75, 3.05) is 33.4 Å². The van der Waals surface area contributed by atoms with Crippen LogP contribution in [0.2, 0.25) is 0 Å². The first-order valence-electron chi connectivity index (χ1n) is 6.93. The lowest BCUT2D eigenvalue weighted by Crippen LogP contribution is -2.40. The highest BCUT2D eigenvalue weighted by Crippen LogP contribution is 2.20. The van der Waals surface area contributed by atoms with Gasteiger partial charge >= 0.3 is 0 Å². The molecule has 0 unspecified atom stereocenters. The lowest BCUT2D eigenvalue weighted by atomic mass is 9.89. The maximum atomic E-state index is 5.79. The second-order valence-electron chi connectivity index (χ2n) is 5.62. The van der Waals surface area contributed by atoms with Crippen molar-refractivity contribution in [3.63, 3.8) is 0 Å². The summed E-state index contributed by atoms with van der Waals surface area (Å²) in [5.41, 5.74) is 6.04. The summed E-state index contributed by atoms with van der Waals surface area (Å²) in [5, 5.41) is 0. The van der Waals surface area contributed by atoms with Crippen LogP contribution in [0, 0.1) is 5.41 Å². The van der Waals surface area contributed by atoms with E-state index in [0.29, 0.717) is 6.04 Å². The molecular weight excluding hydrogens is 212 g/mol. The summed E-state index contributed by atoms with van der Waals surface area (Å²) in [6.45, 7) is 12.8. The molecule has 17 heavy (non-hydrogen) atoms. The molecule has 0 aromatic rings. The van der Waals surface area contributed by atoms with Crippen molar-refractivity contribution >= 4 is 0 Å². The summed E-state index contributed by atoms with van der Waals surface area (Å²) in [7, 11) is 1.77. The van der Waals surface area contributed by atoms with E-state index in [0.717, 1.165) is 32.7 Å². The monoisotopic (exact) mass is 244 g/mol. The second-order valence-corrected chi connectivity index (χ2v) is 5.62. The van der Waals surface area contributed by atoms with Gasteiger partial charge in [-0.05, 0) is 37.8 Å². The highest BCUT2D eigenvalue weighted by atomic mass is 16.5. The van der Waals surface area contributed by atoms with Crippen LogP contribution in [0.5, 0.6) is 0 Å². The van der Waals surface area contributed by atoms with Gasteiger partial charge in [0, 0.05) is 19.7 Å². The van der Waals surface area contributed by atoms with Gasteiger partial charge in [-0.15, -0.1) is 0 Å². The Balaban J connectivity index is 4.27. The van der Waals surface area contributed by atoms with E-state index in [1.165, 1.54) is 12.8 Å². The highest BCUT2D eigenvalue weighted by molar-refractivity contribution is 4.75. The molecule has 104 valence electrons. The molecule has 0 spiro atoms. The third kappa shape index (κ3) is 7.02. The molecule has 0 saturated carbocycles. The normalized spacial score (nSPS) is 12.7. The van der Waals surface area contributed by atoms with E-state index >= 15 is 0 Å². The minimum Gasteiger partial charge on any atom is -0.383 e. The molecule has 2 N–H and O–H groups in total. The Morgan fingerprint density at radius 1 is 1.18 bits per heavy atom. The molecule has 0 aromatic heterocycles. The Bertz CT molecular complexity index is 179. The minimum absolute atomic E-state index is 0.247. The SMILES string of the molecule is CCC(CC)N(CCOC)CCC(C)(C)CN. The minimum atomic E-state index is 0.247. The number of rotatable bonds is 10. The lowest BCUT2D eigenvalue weighted by Gasteiger charge is -2.33. The fourth-order valence-corrected chi connectivity index (χ4v) is 2.04. The molecule has 0 atom stereocenters. The molecule has 0 radical (unpaired) electrons. The molecule has 0 amide bonds. The fourth-order valence-electron chi connectivity index (χ4n) is 2.04. The molecule has 0 aliphatic carbocycles. The number of hydrogen-bond acceptors (Lipinski definition) is 3. The van der Waals surface area contributed by atoms with Crippen molar-refractivity contribution in [1.29, 1.82) is 0 Å². The standard InChI is InChI=1S/C14H32N2O/c1-6-13(7-2)16(10-11-17-5)9-8-14(3,4)12-15/h13H,6-12,15H2,1-5H3. The van der Waals surface area contributed by atoms with Gasteiger partial charge in [0.1, 0.15) is 0 Å². The van der Waals surface area contributed by atoms with E-state index < -0.39 is 0 Å². The Morgan fingerprint density at radius 2 is 1.76 bits per heavy atom. The lowest BCUT2D eigenvalue weighted by molar-refractivity contribution is 0.104. The second kappa shape index (κ2) is 8.90. The molecule has 0 saturated heterocycles. The summed E-state index contributed by atoms with van der Waals surface area (Å²) < 4.78 is 5.20. The van der Waals surface area contributed by atoms with Crippen molar-refractivity contribution in [3.8, 4) is 0 Å². The molecule has 0 aliphatic rings. The van der Waals surface area contributed by atoms with Crippen LogP contribution in [0.25, 0.3) is 0 Å². The molecule has 0 rings (SSSR count). The first kappa shape index (κ1) is 16.9. The van der Waals surface area contributed by atoms with Gasteiger partial charge in [-0.3, -0.25) is 4.90 Å². The van der Waals surface area contributed by atoms with Crippen LogP contribution in [0.1, 0.15) is 47.0 Å². The van der Waals surface area contributed by atoms with Crippen LogP contribution < -0.4 is 5.73 Å². The molecule has 0 aromatic carbocycles. The smallest absolute Gasteiger partial charge is 0.0589 e. The fraction of sp³-hybridized carbons (Fsp3) is 1.00. The van der Waals surface area contributed by atoms with Crippen molar-refractivity contribution in [2.24, 2.45) is 11.1 Å². The molecule has 0 heterocycles. The molecular formula is C14H32N2O. The molecule has 3 nitrogen and oxygen atoms in total. The van der Waals surface area contributed by atoms with Crippen LogP contribution in [0.3, 0.4) is 0 Å². The van der Waals surface area contributed by atoms with Gasteiger partial charge in [-0.25, -0.2) is 0 Å². The van der Waals surface area contributed by atoms with E-state index in [9.17, 15) is 0 Å². The van der Waals surface area contributed by atoms with E-state index in [1.807, 2.05) is 0 Å². The summed E-state index contributed by atoms with van der Waals surface area (Å²) in [4.78, 5) is 2.56. The van der Waals surface area contributed by atoms with Gasteiger partial charge in [0.25, 0.3) is 0 Å². The van der Waals surface area contributed by atoms with Crippen molar-refractivity contribution < 1.29 is 4.74 Å². The predicted molar refractivity (Wildman–Crippen MR) is 75.3 cm³/mol. The molecule has 0 fully saturated rings. The summed E-state index contributed by atoms with van der Waals surface area (Å²) in [6, 6.07) is 0.679. The van der Waals surface area contributed by atoms with E-state index in [2.05, 4.69) is 32.6 Å². The zero-order valence-electron chi connectivity index (χ0n) is 12.5. The van der Waals surface area contributed by atoms with Crippen molar-refractivity contribution in [1.82, 2.24) is 4.90 Å². The maximum Gasteiger partial charge on any atom is 0.0589 e. The Labute approximate surface area is 108 Å². The molecule has 0 aliphatic heterocycles. The van der Waals surface area contributed by atoms with Gasteiger partial charge in [0.2, 0.25) is 0 Å². The van der Waals surface area contributed by atoms with Crippen LogP contribution in [-0.4, -0.2) is 44.3 Å². The van der Waals surface area contributed by atoms with Crippen LogP contribution in [0.4, 0.5) is 0 Å². The Morgan fingerprint density at radius 3 is 2.18 bits per heavy atom. The average molecular weight is 244 g/mol. The summed E-state index contributed by atoms with van der Waals surface area (Å²) in [6.07, 6.45) is 3.58. The van der Waals surface area contributed by atoms with Gasteiger partial charge in [0.15, 0.2) is 0 Å². The van der Waals surface area contributed by atoms with Gasteiger partial charge in [-0.1, -0.05) is 27.7 Å². The van der Waals surface area contributed by atoms with Gasteiger partial charge in [-0.2, -0.15) is 0 Å². The van der Waals surface area contributed by atoms with Crippen molar-refractivity contribution in [3.05, 3.63) is 0 Å². The zero-order valence-corrected chi connectivity index (χ0v) is 12.5. The van der Waals surface area contributed by atoms with E-state index in [-0.39, 0.29) is 5.41 Å². The first-order chi connectivity index (χ1) is 8.00. The maximum absolute atomic E-state index is 5.79. The first-order valence-corrected chi connectivity index (χ1v) is 6.93. The van der Waals surface area contributed by atoms with E-state index in [1.54, 1.807) is 7.11 Å². The summed E-state index contributed by atoms with van der Waals surface area (Å²) >= 11 is 0. The molecule has 0 bridgehead atoms. The third-order valence-electron chi connectivity index (χ3n) is 3.67.